The van der Waals surface area contributed by atoms with Gasteiger partial charge in [0.05, 0.1) is 11.1 Å². The first-order valence-corrected chi connectivity index (χ1v) is 17.2. The Morgan fingerprint density at radius 1 is 0.872 bits per heavy atom. The molecule has 2 aliphatic carbocycles. The molecule has 0 bridgehead atoms. The number of rotatable bonds is 12. The third-order valence-corrected chi connectivity index (χ3v) is 10.3. The van der Waals surface area contributed by atoms with Gasteiger partial charge >= 0.3 is 11.9 Å². The summed E-state index contributed by atoms with van der Waals surface area (Å²) in [4.78, 5) is 28.4. The van der Waals surface area contributed by atoms with E-state index in [2.05, 4.69) is 76.4 Å². The van der Waals surface area contributed by atoms with Crippen LogP contribution >= 0.6 is 0 Å². The minimum absolute atomic E-state index is 0.00283. The van der Waals surface area contributed by atoms with Crippen molar-refractivity contribution in [3.8, 4) is 0 Å². The van der Waals surface area contributed by atoms with E-state index in [4.69, 9.17) is 15.2 Å². The van der Waals surface area contributed by atoms with Crippen LogP contribution in [0, 0.1) is 24.2 Å². The summed E-state index contributed by atoms with van der Waals surface area (Å²) in [5.41, 5.74) is 10.8. The number of esters is 2. The molecule has 47 heavy (non-hydrogen) atoms. The van der Waals surface area contributed by atoms with Crippen molar-refractivity contribution in [2.24, 2.45) is 23.0 Å². The van der Waals surface area contributed by atoms with Crippen LogP contribution in [0.15, 0.2) is 97.1 Å². The van der Waals surface area contributed by atoms with Crippen molar-refractivity contribution in [3.05, 3.63) is 125 Å². The maximum Gasteiger partial charge on any atom is 0.340 e. The molecule has 3 N–H and O–H groups in total. The third kappa shape index (κ3) is 7.08. The number of hydrogen-bond donors (Lipinski definition) is 2. The molecule has 0 radical (unpaired) electrons. The molecule has 5 rings (SSSR count). The fraction of sp³-hybridized carbons (Fsp3) is 0.415. The number of hydrogen-bond acceptors (Lipinski definition) is 6. The Kier molecular flexibility index (Phi) is 11.0. The molecule has 7 atom stereocenters. The molecule has 7 unspecified atom stereocenters. The molecule has 1 fully saturated rings. The number of unbranched alkanes of at least 4 members (excludes halogenated alkanes) is 1. The van der Waals surface area contributed by atoms with E-state index in [0.717, 1.165) is 54.6 Å². The van der Waals surface area contributed by atoms with Crippen LogP contribution < -0.4 is 11.1 Å². The highest BCUT2D eigenvalue weighted by molar-refractivity contribution is 5.96. The maximum absolute atomic E-state index is 14.3. The zero-order valence-corrected chi connectivity index (χ0v) is 28.4. The maximum atomic E-state index is 14.3. The van der Waals surface area contributed by atoms with E-state index in [9.17, 15) is 9.59 Å². The van der Waals surface area contributed by atoms with Crippen LogP contribution in [-0.4, -0.2) is 30.7 Å². The Morgan fingerprint density at radius 2 is 1.53 bits per heavy atom. The van der Waals surface area contributed by atoms with Gasteiger partial charge in [-0.25, -0.2) is 9.59 Å². The van der Waals surface area contributed by atoms with Gasteiger partial charge in [-0.15, -0.1) is 0 Å². The van der Waals surface area contributed by atoms with E-state index < -0.39 is 24.1 Å². The minimum atomic E-state index is -0.757. The molecular weight excluding hydrogens is 584 g/mol. The lowest BCUT2D eigenvalue weighted by Gasteiger charge is -2.55. The Balaban J connectivity index is 1.60. The molecule has 0 aliphatic heterocycles. The van der Waals surface area contributed by atoms with Gasteiger partial charge in [0.25, 0.3) is 0 Å². The largest absolute Gasteiger partial charge is 0.454 e. The Hall–Kier alpha value is -4.16. The molecule has 6 nitrogen and oxygen atoms in total. The first-order chi connectivity index (χ1) is 22.7. The van der Waals surface area contributed by atoms with Crippen molar-refractivity contribution in [1.82, 2.24) is 0 Å². The average Bonchev–Trinajstić information content (AvgIpc) is 3.08. The fourth-order valence-electron chi connectivity index (χ4n) is 7.48. The number of aryl methyl sites for hydroxylation is 1. The van der Waals surface area contributed by atoms with E-state index in [-0.39, 0.29) is 29.2 Å². The van der Waals surface area contributed by atoms with Crippen LogP contribution in [0.5, 0.6) is 0 Å². The van der Waals surface area contributed by atoms with Gasteiger partial charge in [-0.05, 0) is 66.0 Å². The van der Waals surface area contributed by atoms with Crippen molar-refractivity contribution in [2.45, 2.75) is 84.5 Å². The SMILES string of the molecule is CCCCNc1ccccc1C(=O)OC1C(OC(=O)c2ccccc2C(N)CCC)C(c2ccccc2C)C2C=CC=CC2(C)C1C. The summed E-state index contributed by atoms with van der Waals surface area (Å²) < 4.78 is 13.2. The van der Waals surface area contributed by atoms with Crippen molar-refractivity contribution in [2.75, 3.05) is 11.9 Å². The predicted molar refractivity (Wildman–Crippen MR) is 189 cm³/mol. The van der Waals surface area contributed by atoms with E-state index in [0.29, 0.717) is 11.1 Å². The smallest absolute Gasteiger partial charge is 0.340 e. The molecule has 1 saturated carbocycles. The highest BCUT2D eigenvalue weighted by Crippen LogP contribution is 2.56. The number of carbonyl (C=O) groups is 2. The summed E-state index contributed by atoms with van der Waals surface area (Å²) in [5.74, 6) is -1.33. The van der Waals surface area contributed by atoms with Crippen LogP contribution in [0.3, 0.4) is 0 Å². The normalized spacial score (nSPS) is 25.4. The van der Waals surface area contributed by atoms with Gasteiger partial charge in [-0.2, -0.15) is 0 Å². The molecule has 3 aromatic rings. The molecule has 248 valence electrons. The lowest BCUT2D eigenvalue weighted by molar-refractivity contribution is -0.121. The molecular formula is C41H50N2O4. The lowest BCUT2D eigenvalue weighted by Crippen LogP contribution is -2.58. The number of anilines is 1. The number of ether oxygens (including phenoxy) is 2. The van der Waals surface area contributed by atoms with Gasteiger partial charge in [0, 0.05) is 30.1 Å². The Labute approximate surface area is 280 Å². The topological polar surface area (TPSA) is 90.6 Å². The van der Waals surface area contributed by atoms with Gasteiger partial charge in [0.15, 0.2) is 0 Å². The van der Waals surface area contributed by atoms with Crippen molar-refractivity contribution in [3.63, 3.8) is 0 Å². The molecule has 0 heterocycles. The van der Waals surface area contributed by atoms with Gasteiger partial charge in [0.1, 0.15) is 12.2 Å². The standard InChI is InChI=1S/C41H50N2O4/c1-6-8-26-43-35-24-14-13-22-32(35)40(45)46-37-28(4)41(5)25-16-15-23-33(41)36(29-19-10-9-18-27(29)3)38(37)47-39(44)31-21-12-11-20-30(31)34(42)17-7-2/h9-16,18-25,28,33-34,36-38,43H,6-8,17,26,42H2,1-5H3. The van der Waals surface area contributed by atoms with Crippen LogP contribution in [0.2, 0.25) is 0 Å². The monoisotopic (exact) mass is 634 g/mol. The third-order valence-electron chi connectivity index (χ3n) is 10.3. The van der Waals surface area contributed by atoms with Crippen LogP contribution in [0.25, 0.3) is 0 Å². The van der Waals surface area contributed by atoms with Crippen molar-refractivity contribution in [1.29, 1.82) is 0 Å². The van der Waals surface area contributed by atoms with Crippen LogP contribution in [0.1, 0.15) is 103 Å². The van der Waals surface area contributed by atoms with Gasteiger partial charge in [-0.1, -0.05) is 119 Å². The first-order valence-electron chi connectivity index (χ1n) is 17.2. The van der Waals surface area contributed by atoms with Crippen molar-refractivity contribution >= 4 is 17.6 Å². The highest BCUT2D eigenvalue weighted by Gasteiger charge is 2.57. The van der Waals surface area contributed by atoms with E-state index in [1.807, 2.05) is 48.5 Å². The fourth-order valence-corrected chi connectivity index (χ4v) is 7.48. The van der Waals surface area contributed by atoms with Gasteiger partial charge in [0.2, 0.25) is 0 Å². The predicted octanol–water partition coefficient (Wildman–Crippen LogP) is 8.94. The van der Waals surface area contributed by atoms with Gasteiger partial charge < -0.3 is 20.5 Å². The summed E-state index contributed by atoms with van der Waals surface area (Å²) in [6.07, 6.45) is 10.8. The highest BCUT2D eigenvalue weighted by atomic mass is 16.6. The minimum Gasteiger partial charge on any atom is -0.454 e. The number of allylic oxidation sites excluding steroid dienone is 4. The molecule has 2 aliphatic rings. The zero-order chi connectivity index (χ0) is 33.6. The second-order valence-corrected chi connectivity index (χ2v) is 13.4. The van der Waals surface area contributed by atoms with Crippen molar-refractivity contribution < 1.29 is 19.1 Å². The average molecular weight is 635 g/mol. The number of nitrogens with two attached hydrogens (primary N) is 1. The summed E-state index contributed by atoms with van der Waals surface area (Å²) in [5, 5.41) is 3.41. The molecule has 0 saturated heterocycles. The first kappa shape index (κ1) is 34.2. The van der Waals surface area contributed by atoms with E-state index in [1.165, 1.54) is 0 Å². The number of fused-ring (bicyclic) bond motifs is 1. The second-order valence-electron chi connectivity index (χ2n) is 13.4. The zero-order valence-electron chi connectivity index (χ0n) is 28.4. The molecule has 6 heteroatoms. The number of carbonyl (C=O) groups excluding carboxylic acids is 2. The Morgan fingerprint density at radius 3 is 2.28 bits per heavy atom. The van der Waals surface area contributed by atoms with Crippen LogP contribution in [0.4, 0.5) is 5.69 Å². The number of benzene rings is 3. The summed E-state index contributed by atoms with van der Waals surface area (Å²) in [6, 6.07) is 22.9. The van der Waals surface area contributed by atoms with Gasteiger partial charge in [-0.3, -0.25) is 0 Å². The van der Waals surface area contributed by atoms with Crippen LogP contribution in [-0.2, 0) is 9.47 Å². The Bertz CT molecular complexity index is 1610. The summed E-state index contributed by atoms with van der Waals surface area (Å²) in [7, 11) is 0. The molecule has 0 aromatic heterocycles. The molecule has 0 amide bonds. The second kappa shape index (κ2) is 15.2. The molecule has 3 aromatic carbocycles. The molecule has 0 spiro atoms. The number of para-hydroxylation sites is 1. The lowest BCUT2D eigenvalue weighted by atomic mass is 9.53. The number of nitrogens with one attached hydrogen (secondary N) is 1. The summed E-state index contributed by atoms with van der Waals surface area (Å²) >= 11 is 0. The quantitative estimate of drug-likeness (QED) is 0.153. The van der Waals surface area contributed by atoms with E-state index in [1.54, 1.807) is 12.1 Å². The van der Waals surface area contributed by atoms with E-state index >= 15 is 0 Å². The summed E-state index contributed by atoms with van der Waals surface area (Å²) in [6.45, 7) is 11.4.